The first kappa shape index (κ1) is 22.5. The van der Waals surface area contributed by atoms with E-state index in [0.717, 1.165) is 0 Å². The van der Waals surface area contributed by atoms with Gasteiger partial charge in [-0.1, -0.05) is 52.5 Å². The lowest BCUT2D eigenvalue weighted by atomic mass is 10.2. The van der Waals surface area contributed by atoms with Crippen LogP contribution in [-0.4, -0.2) is 32.1 Å². The first-order valence-electron chi connectivity index (χ1n) is 7.60. The molecule has 0 aliphatic carbocycles. The Morgan fingerprint density at radius 2 is 1.64 bits per heavy atom. The number of alkyl halides is 3. The smallest absolute Gasteiger partial charge is 0.335 e. The number of hydrogen-bond donors (Lipinski definition) is 4. The summed E-state index contributed by atoms with van der Waals surface area (Å²) < 4.78 is -1.92. The summed E-state index contributed by atoms with van der Waals surface area (Å²) in [6, 6.07) is 12.1. The van der Waals surface area contributed by atoms with Crippen LogP contribution in [0.1, 0.15) is 20.7 Å². The Hall–Kier alpha value is -1.77. The van der Waals surface area contributed by atoms with Crippen LogP contribution in [0.2, 0.25) is 5.02 Å². The second-order valence-corrected chi connectivity index (χ2v) is 8.65. The minimum Gasteiger partial charge on any atom is -0.478 e. The Morgan fingerprint density at radius 1 is 1.00 bits per heavy atom. The lowest BCUT2D eigenvalue weighted by molar-refractivity contribution is 0.0696. The number of carbonyl (C=O) groups is 2. The average Bonchev–Trinajstić information content (AvgIpc) is 2.60. The molecule has 0 radical (unpaired) electrons. The van der Waals surface area contributed by atoms with Gasteiger partial charge in [0.15, 0.2) is 5.11 Å². The van der Waals surface area contributed by atoms with Gasteiger partial charge in [0.05, 0.1) is 5.56 Å². The number of amides is 1. The molecule has 2 aromatic rings. The van der Waals surface area contributed by atoms with Crippen LogP contribution in [0.5, 0.6) is 0 Å². The fourth-order valence-electron chi connectivity index (χ4n) is 2.04. The molecular formula is C17H13Cl4N3O3S. The van der Waals surface area contributed by atoms with Gasteiger partial charge < -0.3 is 21.1 Å². The van der Waals surface area contributed by atoms with Crippen LogP contribution in [0.4, 0.5) is 5.69 Å². The van der Waals surface area contributed by atoms with Crippen LogP contribution >= 0.6 is 58.6 Å². The Labute approximate surface area is 186 Å². The fraction of sp³-hybridized carbons (Fsp3) is 0.118. The van der Waals surface area contributed by atoms with E-state index in [9.17, 15) is 9.59 Å². The molecule has 28 heavy (non-hydrogen) atoms. The van der Waals surface area contributed by atoms with Crippen molar-refractivity contribution in [2.45, 2.75) is 9.96 Å². The van der Waals surface area contributed by atoms with Gasteiger partial charge in [-0.2, -0.15) is 0 Å². The number of hydrogen-bond acceptors (Lipinski definition) is 3. The number of benzene rings is 2. The van der Waals surface area contributed by atoms with Crippen molar-refractivity contribution in [1.82, 2.24) is 10.6 Å². The summed E-state index contributed by atoms with van der Waals surface area (Å²) in [6.07, 6.45) is -1.16. The highest BCUT2D eigenvalue weighted by atomic mass is 35.6. The van der Waals surface area contributed by atoms with Crippen molar-refractivity contribution in [2.75, 3.05) is 5.32 Å². The highest BCUT2D eigenvalue weighted by Gasteiger charge is 2.35. The maximum atomic E-state index is 12.4. The molecule has 0 fully saturated rings. The minimum absolute atomic E-state index is 0.0470. The van der Waals surface area contributed by atoms with Crippen molar-refractivity contribution in [3.05, 3.63) is 64.7 Å². The number of halogens is 4. The molecule has 2 aromatic carbocycles. The summed E-state index contributed by atoms with van der Waals surface area (Å²) in [7, 11) is 0. The van der Waals surface area contributed by atoms with Crippen LogP contribution in [0.3, 0.4) is 0 Å². The lowest BCUT2D eigenvalue weighted by Gasteiger charge is -2.27. The molecule has 6 nitrogen and oxygen atoms in total. The number of carboxylic acid groups (broad SMARTS) is 1. The number of carboxylic acids is 1. The topological polar surface area (TPSA) is 90.5 Å². The summed E-state index contributed by atoms with van der Waals surface area (Å²) in [5.41, 5.74) is 0.904. The largest absolute Gasteiger partial charge is 0.478 e. The van der Waals surface area contributed by atoms with Gasteiger partial charge in [-0.05, 0) is 54.7 Å². The predicted molar refractivity (Wildman–Crippen MR) is 116 cm³/mol. The Morgan fingerprint density at radius 3 is 2.18 bits per heavy atom. The van der Waals surface area contributed by atoms with Crippen LogP contribution in [0.15, 0.2) is 48.5 Å². The van der Waals surface area contributed by atoms with Gasteiger partial charge >= 0.3 is 5.97 Å². The third-order valence-corrected chi connectivity index (χ3v) is 4.46. The number of thiocarbonyl (C=S) groups is 1. The Balaban J connectivity index is 2.06. The molecule has 2 rings (SSSR count). The average molecular weight is 481 g/mol. The van der Waals surface area contributed by atoms with E-state index in [-0.39, 0.29) is 16.2 Å². The normalized spacial score (nSPS) is 12.0. The third-order valence-electron chi connectivity index (χ3n) is 3.35. The minimum atomic E-state index is -1.92. The van der Waals surface area contributed by atoms with E-state index in [1.807, 2.05) is 0 Å². The van der Waals surface area contributed by atoms with Crippen molar-refractivity contribution in [2.24, 2.45) is 0 Å². The van der Waals surface area contributed by atoms with Crippen molar-refractivity contribution in [1.29, 1.82) is 0 Å². The van der Waals surface area contributed by atoms with Crippen molar-refractivity contribution >= 4 is 81.3 Å². The molecule has 0 saturated carbocycles. The van der Waals surface area contributed by atoms with E-state index in [1.54, 1.807) is 18.2 Å². The monoisotopic (exact) mass is 479 g/mol. The SMILES string of the molecule is O=C(O)c1ccc(NC(=S)N[C@H](NC(=O)c2cccc(Cl)c2)C(Cl)(Cl)Cl)cc1. The van der Waals surface area contributed by atoms with E-state index >= 15 is 0 Å². The molecule has 0 aliphatic heterocycles. The van der Waals surface area contributed by atoms with Gasteiger partial charge in [0.2, 0.25) is 3.79 Å². The molecule has 0 aliphatic rings. The van der Waals surface area contributed by atoms with Crippen LogP contribution < -0.4 is 16.0 Å². The summed E-state index contributed by atoms with van der Waals surface area (Å²) in [5, 5.41) is 17.4. The van der Waals surface area contributed by atoms with Gasteiger partial charge in [-0.3, -0.25) is 4.79 Å². The van der Waals surface area contributed by atoms with Crippen LogP contribution in [0.25, 0.3) is 0 Å². The highest BCUT2D eigenvalue weighted by molar-refractivity contribution is 7.80. The maximum absolute atomic E-state index is 12.4. The molecule has 0 unspecified atom stereocenters. The molecule has 0 bridgehead atoms. The molecule has 0 saturated heterocycles. The standard InChI is InChI=1S/C17H13Cl4N3O3S/c18-11-3-1-2-10(8-11)13(25)23-15(17(19,20)21)24-16(28)22-12-6-4-9(5-7-12)14(26)27/h1-8,15H,(H,23,25)(H,26,27)(H2,22,24,28)/t15-/m0/s1. The van der Waals surface area contributed by atoms with Crippen LogP contribution in [0, 0.1) is 0 Å². The summed E-state index contributed by atoms with van der Waals surface area (Å²) >= 11 is 28.9. The second kappa shape index (κ2) is 9.62. The molecule has 0 spiro atoms. The molecule has 1 atom stereocenters. The number of nitrogens with one attached hydrogen (secondary N) is 3. The number of carbonyl (C=O) groups excluding carboxylic acids is 1. The molecule has 1 amide bonds. The zero-order valence-electron chi connectivity index (χ0n) is 13.9. The van der Waals surface area contributed by atoms with Gasteiger partial charge in [0.25, 0.3) is 5.91 Å². The fourth-order valence-corrected chi connectivity index (χ4v) is 2.79. The number of aromatic carboxylic acids is 1. The molecule has 4 N–H and O–H groups in total. The first-order chi connectivity index (χ1) is 13.1. The van der Waals surface area contributed by atoms with Crippen LogP contribution in [-0.2, 0) is 0 Å². The van der Waals surface area contributed by atoms with Gasteiger partial charge in [0.1, 0.15) is 6.17 Å². The number of rotatable bonds is 5. The van der Waals surface area contributed by atoms with Gasteiger partial charge in [-0.25, -0.2) is 4.79 Å². The Bertz CT molecular complexity index is 888. The predicted octanol–water partition coefficient (Wildman–Crippen LogP) is 4.45. The quantitative estimate of drug-likeness (QED) is 0.287. The van der Waals surface area contributed by atoms with E-state index in [1.165, 1.54) is 30.3 Å². The third kappa shape index (κ3) is 6.68. The summed E-state index contributed by atoms with van der Waals surface area (Å²) in [4.78, 5) is 23.3. The van der Waals surface area contributed by atoms with Gasteiger partial charge in [0, 0.05) is 16.3 Å². The van der Waals surface area contributed by atoms with E-state index in [0.29, 0.717) is 10.7 Å². The van der Waals surface area contributed by atoms with Gasteiger partial charge in [-0.15, -0.1) is 0 Å². The molecule has 0 heterocycles. The zero-order valence-corrected chi connectivity index (χ0v) is 17.7. The molecule has 148 valence electrons. The number of anilines is 1. The van der Waals surface area contributed by atoms with Crippen molar-refractivity contribution in [3.8, 4) is 0 Å². The summed E-state index contributed by atoms with van der Waals surface area (Å²) in [6.45, 7) is 0. The lowest BCUT2D eigenvalue weighted by Crippen LogP contribution is -2.56. The van der Waals surface area contributed by atoms with Crippen molar-refractivity contribution < 1.29 is 14.7 Å². The molecular weight excluding hydrogens is 468 g/mol. The second-order valence-electron chi connectivity index (χ2n) is 5.44. The summed E-state index contributed by atoms with van der Waals surface area (Å²) in [5.74, 6) is -1.58. The Kier molecular flexibility index (Phi) is 7.74. The van der Waals surface area contributed by atoms with E-state index in [2.05, 4.69) is 16.0 Å². The van der Waals surface area contributed by atoms with Crippen molar-refractivity contribution in [3.63, 3.8) is 0 Å². The highest BCUT2D eigenvalue weighted by Crippen LogP contribution is 2.29. The first-order valence-corrected chi connectivity index (χ1v) is 9.52. The zero-order chi connectivity index (χ0) is 20.9. The van der Waals surface area contributed by atoms with E-state index in [4.69, 9.17) is 63.7 Å². The maximum Gasteiger partial charge on any atom is 0.335 e. The molecule has 11 heteroatoms. The molecule has 0 aromatic heterocycles. The van der Waals surface area contributed by atoms with E-state index < -0.39 is 21.8 Å².